The normalized spacial score (nSPS) is 32.9. The van der Waals surface area contributed by atoms with Crippen molar-refractivity contribution in [2.45, 2.75) is 43.6 Å². The number of hydrogen-bond donors (Lipinski definition) is 1. The molecule has 0 bridgehead atoms. The largest absolute Gasteiger partial charge is 0.411 e. The van der Waals surface area contributed by atoms with Crippen molar-refractivity contribution in [1.29, 1.82) is 0 Å². The van der Waals surface area contributed by atoms with Gasteiger partial charge in [0.25, 0.3) is 0 Å². The highest BCUT2D eigenvalue weighted by Gasteiger charge is 2.52. The fourth-order valence-corrected chi connectivity index (χ4v) is 3.73. The highest BCUT2D eigenvalue weighted by Crippen LogP contribution is 2.50. The summed E-state index contributed by atoms with van der Waals surface area (Å²) in [5.74, 6) is 0.340. The maximum absolute atomic E-state index is 9.45. The quantitative estimate of drug-likeness (QED) is 0.609. The summed E-state index contributed by atoms with van der Waals surface area (Å²) in [5.41, 5.74) is 2.67. The SMILES string of the molecule is CO[C@@]12CCCCC[C@H]1c1ccccc1/C2=N/O. The molecule has 96 valence electrons. The van der Waals surface area contributed by atoms with Crippen LogP contribution in [-0.4, -0.2) is 23.6 Å². The molecule has 0 heterocycles. The van der Waals surface area contributed by atoms with Crippen molar-refractivity contribution < 1.29 is 9.94 Å². The number of methoxy groups -OCH3 is 1. The average molecular weight is 245 g/mol. The Morgan fingerprint density at radius 2 is 2.11 bits per heavy atom. The van der Waals surface area contributed by atoms with E-state index in [9.17, 15) is 5.21 Å². The van der Waals surface area contributed by atoms with E-state index in [1.165, 1.54) is 18.4 Å². The van der Waals surface area contributed by atoms with E-state index in [1.807, 2.05) is 12.1 Å². The molecule has 1 N–H and O–H groups in total. The van der Waals surface area contributed by atoms with Gasteiger partial charge in [0.1, 0.15) is 11.3 Å². The molecule has 0 unspecified atom stereocenters. The van der Waals surface area contributed by atoms with Gasteiger partial charge < -0.3 is 9.94 Å². The minimum absolute atomic E-state index is 0.340. The van der Waals surface area contributed by atoms with Crippen molar-refractivity contribution in [2.75, 3.05) is 7.11 Å². The summed E-state index contributed by atoms with van der Waals surface area (Å²) in [7, 11) is 1.75. The lowest BCUT2D eigenvalue weighted by Crippen LogP contribution is -2.41. The highest BCUT2D eigenvalue weighted by atomic mass is 16.5. The average Bonchev–Trinajstić information content (AvgIpc) is 2.54. The Balaban J connectivity index is 2.19. The summed E-state index contributed by atoms with van der Waals surface area (Å²) >= 11 is 0. The smallest absolute Gasteiger partial charge is 0.120 e. The molecule has 2 aliphatic carbocycles. The van der Waals surface area contributed by atoms with Gasteiger partial charge in [-0.15, -0.1) is 0 Å². The molecule has 1 aromatic carbocycles. The predicted octanol–water partition coefficient (Wildman–Crippen LogP) is 3.31. The number of ether oxygens (including phenoxy) is 1. The second kappa shape index (κ2) is 4.39. The lowest BCUT2D eigenvalue weighted by Gasteiger charge is -2.33. The number of nitrogens with zero attached hydrogens (tertiary/aromatic N) is 1. The Bertz CT molecular complexity index is 483. The molecule has 1 fully saturated rings. The van der Waals surface area contributed by atoms with Crippen molar-refractivity contribution in [3.63, 3.8) is 0 Å². The molecule has 2 aliphatic rings. The van der Waals surface area contributed by atoms with Crippen LogP contribution < -0.4 is 0 Å². The second-order valence-corrected chi connectivity index (χ2v) is 5.28. The first kappa shape index (κ1) is 11.7. The van der Waals surface area contributed by atoms with Crippen molar-refractivity contribution in [1.82, 2.24) is 0 Å². The summed E-state index contributed by atoms with van der Waals surface area (Å²) in [6.07, 6.45) is 5.66. The maximum atomic E-state index is 9.45. The Morgan fingerprint density at radius 1 is 1.28 bits per heavy atom. The number of oxime groups is 1. The summed E-state index contributed by atoms with van der Waals surface area (Å²) in [5, 5.41) is 13.0. The predicted molar refractivity (Wildman–Crippen MR) is 70.3 cm³/mol. The molecule has 18 heavy (non-hydrogen) atoms. The summed E-state index contributed by atoms with van der Waals surface area (Å²) in [6.45, 7) is 0. The topological polar surface area (TPSA) is 41.8 Å². The van der Waals surface area contributed by atoms with Crippen LogP contribution in [0.2, 0.25) is 0 Å². The minimum Gasteiger partial charge on any atom is -0.411 e. The first-order chi connectivity index (χ1) is 8.83. The van der Waals surface area contributed by atoms with E-state index in [4.69, 9.17) is 4.74 Å². The van der Waals surface area contributed by atoms with Gasteiger partial charge in [0.05, 0.1) is 0 Å². The molecule has 1 aromatic rings. The van der Waals surface area contributed by atoms with Gasteiger partial charge in [0.2, 0.25) is 0 Å². The van der Waals surface area contributed by atoms with E-state index in [-0.39, 0.29) is 0 Å². The van der Waals surface area contributed by atoms with Crippen LogP contribution in [0.25, 0.3) is 0 Å². The van der Waals surface area contributed by atoms with Crippen molar-refractivity contribution in [3.05, 3.63) is 35.4 Å². The zero-order valence-corrected chi connectivity index (χ0v) is 10.7. The molecule has 0 aliphatic heterocycles. The lowest BCUT2D eigenvalue weighted by atomic mass is 9.83. The van der Waals surface area contributed by atoms with Gasteiger partial charge in [-0.1, -0.05) is 48.7 Å². The Kier molecular flexibility index (Phi) is 2.86. The van der Waals surface area contributed by atoms with Gasteiger partial charge in [-0.3, -0.25) is 0 Å². The van der Waals surface area contributed by atoms with Crippen LogP contribution in [0.3, 0.4) is 0 Å². The van der Waals surface area contributed by atoms with Crippen LogP contribution in [0.15, 0.2) is 29.4 Å². The van der Waals surface area contributed by atoms with Crippen LogP contribution in [0, 0.1) is 0 Å². The molecule has 0 aromatic heterocycles. The Hall–Kier alpha value is -1.35. The lowest BCUT2D eigenvalue weighted by molar-refractivity contribution is 0.0235. The first-order valence-electron chi connectivity index (χ1n) is 6.70. The summed E-state index contributed by atoms with van der Waals surface area (Å²) in [4.78, 5) is 0. The standard InChI is InChI=1S/C15H19NO2/c1-18-15-10-6-2-3-9-13(15)11-7-4-5-8-12(11)14(15)16-17/h4-5,7-8,13,17H,2-3,6,9-10H2,1H3/b16-14-/t13-,15-/m0/s1. The zero-order valence-electron chi connectivity index (χ0n) is 10.7. The fraction of sp³-hybridized carbons (Fsp3) is 0.533. The Labute approximate surface area is 107 Å². The van der Waals surface area contributed by atoms with Gasteiger partial charge in [0.15, 0.2) is 0 Å². The van der Waals surface area contributed by atoms with Crippen molar-refractivity contribution >= 4 is 5.71 Å². The molecular formula is C15H19NO2. The Morgan fingerprint density at radius 3 is 2.89 bits per heavy atom. The van der Waals surface area contributed by atoms with Gasteiger partial charge >= 0.3 is 0 Å². The van der Waals surface area contributed by atoms with E-state index >= 15 is 0 Å². The van der Waals surface area contributed by atoms with E-state index < -0.39 is 5.60 Å². The molecule has 1 saturated carbocycles. The van der Waals surface area contributed by atoms with Crippen molar-refractivity contribution in [2.24, 2.45) is 5.16 Å². The maximum Gasteiger partial charge on any atom is 0.120 e. The molecule has 0 amide bonds. The molecule has 0 spiro atoms. The molecule has 0 saturated heterocycles. The van der Waals surface area contributed by atoms with Gasteiger partial charge in [-0.25, -0.2) is 0 Å². The van der Waals surface area contributed by atoms with Gasteiger partial charge in [-0.2, -0.15) is 0 Å². The molecular weight excluding hydrogens is 226 g/mol. The molecule has 3 rings (SSSR count). The number of rotatable bonds is 1. The van der Waals surface area contributed by atoms with E-state index in [0.29, 0.717) is 5.92 Å². The molecule has 3 heteroatoms. The van der Waals surface area contributed by atoms with Crippen LogP contribution in [0.4, 0.5) is 0 Å². The summed E-state index contributed by atoms with van der Waals surface area (Å²) in [6, 6.07) is 8.25. The van der Waals surface area contributed by atoms with E-state index in [2.05, 4.69) is 17.3 Å². The highest BCUT2D eigenvalue weighted by molar-refractivity contribution is 6.11. The van der Waals surface area contributed by atoms with Crippen LogP contribution >= 0.6 is 0 Å². The number of benzene rings is 1. The monoisotopic (exact) mass is 245 g/mol. The number of fused-ring (bicyclic) bond motifs is 3. The number of hydrogen-bond acceptors (Lipinski definition) is 3. The first-order valence-corrected chi connectivity index (χ1v) is 6.70. The fourth-order valence-electron chi connectivity index (χ4n) is 3.73. The molecule has 0 radical (unpaired) electrons. The minimum atomic E-state index is -0.408. The van der Waals surface area contributed by atoms with Crippen LogP contribution in [0.1, 0.15) is 49.1 Å². The van der Waals surface area contributed by atoms with E-state index in [1.54, 1.807) is 7.11 Å². The molecule has 2 atom stereocenters. The zero-order chi connectivity index (χ0) is 12.6. The van der Waals surface area contributed by atoms with E-state index in [0.717, 1.165) is 30.5 Å². The third-order valence-electron chi connectivity index (χ3n) is 4.56. The summed E-state index contributed by atoms with van der Waals surface area (Å²) < 4.78 is 5.88. The van der Waals surface area contributed by atoms with Gasteiger partial charge in [-0.05, 0) is 18.4 Å². The third kappa shape index (κ3) is 1.43. The van der Waals surface area contributed by atoms with Gasteiger partial charge in [0, 0.05) is 18.6 Å². The molecule has 3 nitrogen and oxygen atoms in total. The van der Waals surface area contributed by atoms with Crippen LogP contribution in [-0.2, 0) is 4.74 Å². The third-order valence-corrected chi connectivity index (χ3v) is 4.56. The second-order valence-electron chi connectivity index (χ2n) is 5.28. The van der Waals surface area contributed by atoms with Crippen molar-refractivity contribution in [3.8, 4) is 0 Å². The van der Waals surface area contributed by atoms with Crippen LogP contribution in [0.5, 0.6) is 0 Å².